The number of rotatable bonds is 5. The number of fused-ring (bicyclic) bond motifs is 3. The zero-order valence-corrected chi connectivity index (χ0v) is 20.4. The second-order valence-corrected chi connectivity index (χ2v) is 10.2. The van der Waals surface area contributed by atoms with Crippen LogP contribution < -0.4 is 5.32 Å². The molecule has 13 heteroatoms. The first-order chi connectivity index (χ1) is 17.2. The Morgan fingerprint density at radius 2 is 1.92 bits per heavy atom. The summed E-state index contributed by atoms with van der Waals surface area (Å²) in [5, 5.41) is 10.6. The molecule has 3 unspecified atom stereocenters. The Morgan fingerprint density at radius 1 is 1.17 bits per heavy atom. The lowest BCUT2D eigenvalue weighted by molar-refractivity contribution is -0.123. The number of hydrogen-bond acceptors (Lipinski definition) is 5. The van der Waals surface area contributed by atoms with E-state index in [0.29, 0.717) is 40.5 Å². The Morgan fingerprint density at radius 3 is 2.61 bits per heavy atom. The molecule has 0 saturated carbocycles. The minimum atomic E-state index is -4.48. The van der Waals surface area contributed by atoms with Crippen molar-refractivity contribution >= 4 is 33.8 Å². The first-order valence-electron chi connectivity index (χ1n) is 11.5. The van der Waals surface area contributed by atoms with Gasteiger partial charge in [0, 0.05) is 25.2 Å². The minimum absolute atomic E-state index is 0.0129. The number of aryl methyl sites for hydroxylation is 1. The second-order valence-electron chi connectivity index (χ2n) is 8.88. The Hall–Kier alpha value is -3.48. The largest absolute Gasteiger partial charge is 0.405 e. The summed E-state index contributed by atoms with van der Waals surface area (Å²) in [4.78, 5) is 18.9. The number of carbonyl (C=O) groups excluding carboxylic acids is 1. The number of benzene rings is 1. The summed E-state index contributed by atoms with van der Waals surface area (Å²) in [6, 6.07) is 8.44. The molecule has 1 fully saturated rings. The highest BCUT2D eigenvalue weighted by molar-refractivity contribution is 7.83. The molecule has 4 heterocycles. The molecule has 5 rings (SSSR count). The van der Waals surface area contributed by atoms with E-state index in [9.17, 15) is 22.2 Å². The minimum Gasteiger partial charge on any atom is -0.329 e. The number of hydrogen-bond donors (Lipinski definition) is 1. The van der Waals surface area contributed by atoms with Gasteiger partial charge in [-0.1, -0.05) is 31.0 Å². The predicted molar refractivity (Wildman–Crippen MR) is 127 cm³/mol. The first kappa shape index (κ1) is 24.2. The summed E-state index contributed by atoms with van der Waals surface area (Å²) >= 11 is 0. The number of aromatic nitrogens is 5. The Labute approximate surface area is 206 Å². The molecule has 1 aromatic carbocycles. The van der Waals surface area contributed by atoms with Gasteiger partial charge in [-0.2, -0.15) is 13.2 Å². The highest BCUT2D eigenvalue weighted by atomic mass is 32.2. The monoisotopic (exact) mass is 519 g/mol. The lowest BCUT2D eigenvalue weighted by atomic mass is 9.93. The third-order valence-corrected chi connectivity index (χ3v) is 7.81. The normalized spacial score (nSPS) is 19.3. The standard InChI is InChI=1S/C23H24F3N7O2S/c1-3-15-11-31(22(34)28-13-23(24,25)26)12-17(15)20-30-29-19-10-27-21-18(33(19)20)8-9-32(21)36(35)16-6-4-14(2)5-7-16/h4-10,15,17H,3,11-13H2,1-2H3,(H,28,34). The van der Waals surface area contributed by atoms with E-state index in [1.165, 1.54) is 4.90 Å². The van der Waals surface area contributed by atoms with Gasteiger partial charge in [-0.25, -0.2) is 18.0 Å². The average Bonchev–Trinajstić information content (AvgIpc) is 3.57. The van der Waals surface area contributed by atoms with E-state index >= 15 is 0 Å². The van der Waals surface area contributed by atoms with Crippen molar-refractivity contribution in [1.82, 2.24) is 33.8 Å². The molecular formula is C23H24F3N7O2S. The van der Waals surface area contributed by atoms with Crippen LogP contribution in [0.3, 0.4) is 0 Å². The van der Waals surface area contributed by atoms with Crippen LogP contribution in [0.2, 0.25) is 0 Å². The van der Waals surface area contributed by atoms with Crippen LogP contribution in [0.25, 0.3) is 16.8 Å². The smallest absolute Gasteiger partial charge is 0.329 e. The van der Waals surface area contributed by atoms with Gasteiger partial charge in [0.2, 0.25) is 0 Å². The Balaban J connectivity index is 1.49. The fourth-order valence-corrected chi connectivity index (χ4v) is 5.69. The van der Waals surface area contributed by atoms with Crippen molar-refractivity contribution in [2.75, 3.05) is 19.6 Å². The van der Waals surface area contributed by atoms with Gasteiger partial charge in [-0.3, -0.25) is 4.40 Å². The molecule has 9 nitrogen and oxygen atoms in total. The molecule has 1 aliphatic rings. The van der Waals surface area contributed by atoms with Crippen LogP contribution in [0, 0.1) is 12.8 Å². The number of urea groups is 1. The van der Waals surface area contributed by atoms with Crippen LogP contribution >= 0.6 is 0 Å². The Kier molecular flexibility index (Phi) is 6.18. The lowest BCUT2D eigenvalue weighted by Gasteiger charge is -2.18. The van der Waals surface area contributed by atoms with E-state index in [1.807, 2.05) is 47.8 Å². The van der Waals surface area contributed by atoms with Crippen LogP contribution in [-0.2, 0) is 11.0 Å². The zero-order chi connectivity index (χ0) is 25.6. The third-order valence-electron chi connectivity index (χ3n) is 6.49. The molecule has 190 valence electrons. The molecule has 36 heavy (non-hydrogen) atoms. The van der Waals surface area contributed by atoms with E-state index < -0.39 is 29.7 Å². The van der Waals surface area contributed by atoms with Crippen LogP contribution in [0.1, 0.15) is 30.7 Å². The van der Waals surface area contributed by atoms with Crippen molar-refractivity contribution in [2.24, 2.45) is 5.92 Å². The number of amides is 2. The van der Waals surface area contributed by atoms with Gasteiger partial charge in [0.15, 0.2) is 22.3 Å². The van der Waals surface area contributed by atoms with Crippen molar-refractivity contribution in [3.05, 3.63) is 54.1 Å². The SMILES string of the molecule is CCC1CN(C(=O)NCC(F)(F)F)CC1c1nnc2cnc3c(ccn3S(=O)c3ccc(C)cc3)n12. The molecule has 1 saturated heterocycles. The van der Waals surface area contributed by atoms with Gasteiger partial charge in [-0.05, 0) is 31.0 Å². The molecule has 3 atom stereocenters. The molecule has 1 N–H and O–H groups in total. The molecule has 2 amide bonds. The number of alkyl halides is 3. The number of nitrogens with zero attached hydrogens (tertiary/aromatic N) is 6. The Bertz CT molecular complexity index is 1450. The summed E-state index contributed by atoms with van der Waals surface area (Å²) in [6.07, 6.45) is -0.535. The summed E-state index contributed by atoms with van der Waals surface area (Å²) in [5.41, 5.74) is 2.69. The highest BCUT2D eigenvalue weighted by Crippen LogP contribution is 2.35. The third kappa shape index (κ3) is 4.43. The summed E-state index contributed by atoms with van der Waals surface area (Å²) in [5.74, 6) is 0.341. The number of carbonyl (C=O) groups is 1. The molecule has 0 spiro atoms. The van der Waals surface area contributed by atoms with Gasteiger partial charge in [-0.15, -0.1) is 10.2 Å². The van der Waals surface area contributed by atoms with Crippen molar-refractivity contribution in [3.63, 3.8) is 0 Å². The molecule has 3 aromatic heterocycles. The van der Waals surface area contributed by atoms with Crippen molar-refractivity contribution in [1.29, 1.82) is 0 Å². The molecule has 1 aliphatic heterocycles. The van der Waals surface area contributed by atoms with E-state index in [4.69, 9.17) is 0 Å². The van der Waals surface area contributed by atoms with Gasteiger partial charge < -0.3 is 10.2 Å². The molecule has 4 aromatic rings. The van der Waals surface area contributed by atoms with E-state index in [2.05, 4.69) is 15.2 Å². The number of nitrogens with one attached hydrogen (secondary N) is 1. The van der Waals surface area contributed by atoms with Gasteiger partial charge in [0.25, 0.3) is 0 Å². The number of likely N-dealkylation sites (tertiary alicyclic amines) is 1. The van der Waals surface area contributed by atoms with Crippen molar-refractivity contribution in [3.8, 4) is 0 Å². The molecule has 0 bridgehead atoms. The van der Waals surface area contributed by atoms with Crippen LogP contribution in [0.5, 0.6) is 0 Å². The molecule has 0 aliphatic carbocycles. The fraction of sp³-hybridized carbons (Fsp3) is 0.391. The maximum atomic E-state index is 13.3. The second kappa shape index (κ2) is 9.19. The molecule has 0 radical (unpaired) electrons. The summed E-state index contributed by atoms with van der Waals surface area (Å²) in [6.45, 7) is 3.07. The number of halogens is 3. The van der Waals surface area contributed by atoms with Crippen LogP contribution in [0.4, 0.5) is 18.0 Å². The maximum absolute atomic E-state index is 13.3. The lowest BCUT2D eigenvalue weighted by Crippen LogP contribution is -2.42. The average molecular weight is 520 g/mol. The topological polar surface area (TPSA) is 97.4 Å². The maximum Gasteiger partial charge on any atom is 0.405 e. The van der Waals surface area contributed by atoms with Gasteiger partial charge in [0.05, 0.1) is 16.6 Å². The summed E-state index contributed by atoms with van der Waals surface area (Å²) in [7, 11) is -1.52. The van der Waals surface area contributed by atoms with E-state index in [0.717, 1.165) is 5.56 Å². The van der Waals surface area contributed by atoms with Gasteiger partial charge in [0.1, 0.15) is 12.4 Å². The van der Waals surface area contributed by atoms with Crippen molar-refractivity contribution in [2.45, 2.75) is 37.3 Å². The predicted octanol–water partition coefficient (Wildman–Crippen LogP) is 3.66. The fourth-order valence-electron chi connectivity index (χ4n) is 4.63. The summed E-state index contributed by atoms with van der Waals surface area (Å²) < 4.78 is 54.4. The van der Waals surface area contributed by atoms with E-state index in [1.54, 1.807) is 22.4 Å². The molecular weight excluding hydrogens is 495 g/mol. The quantitative estimate of drug-likeness (QED) is 0.434. The van der Waals surface area contributed by atoms with Gasteiger partial charge >= 0.3 is 12.2 Å². The van der Waals surface area contributed by atoms with Crippen molar-refractivity contribution < 1.29 is 22.2 Å². The van der Waals surface area contributed by atoms with Crippen LogP contribution in [-0.4, -0.2) is 64.5 Å². The van der Waals surface area contributed by atoms with E-state index in [-0.39, 0.29) is 18.4 Å². The highest BCUT2D eigenvalue weighted by Gasteiger charge is 2.39. The van der Waals surface area contributed by atoms with Crippen LogP contribution in [0.15, 0.2) is 47.6 Å². The zero-order valence-electron chi connectivity index (χ0n) is 19.6. The first-order valence-corrected chi connectivity index (χ1v) is 12.6.